The molecule has 0 bridgehead atoms. The molecule has 2 N–H and O–H groups in total. The van der Waals surface area contributed by atoms with E-state index in [1.165, 1.54) is 25.1 Å². The third kappa shape index (κ3) is 2.52. The number of rotatable bonds is 2. The molecule has 0 aliphatic heterocycles. The zero-order chi connectivity index (χ0) is 10.9. The van der Waals surface area contributed by atoms with E-state index in [9.17, 15) is 12.8 Å². The van der Waals surface area contributed by atoms with Gasteiger partial charge in [0.15, 0.2) is 0 Å². The molecule has 0 aliphatic carbocycles. The van der Waals surface area contributed by atoms with Gasteiger partial charge in [-0.1, -0.05) is 15.9 Å². The molecule has 0 aliphatic rings. The molecule has 0 amide bonds. The molecule has 78 valence electrons. The second-order valence-electron chi connectivity index (χ2n) is 2.90. The summed E-state index contributed by atoms with van der Waals surface area (Å²) in [4.78, 5) is 0. The van der Waals surface area contributed by atoms with Gasteiger partial charge in [-0.15, -0.1) is 0 Å². The van der Waals surface area contributed by atoms with Crippen LogP contribution >= 0.6 is 15.9 Å². The molecule has 6 heteroatoms. The van der Waals surface area contributed by atoms with Gasteiger partial charge in [-0.25, -0.2) is 17.9 Å². The molecule has 0 fully saturated rings. The minimum Gasteiger partial charge on any atom is -0.228 e. The van der Waals surface area contributed by atoms with Gasteiger partial charge >= 0.3 is 0 Å². The van der Waals surface area contributed by atoms with Crippen LogP contribution in [0.15, 0.2) is 22.7 Å². The summed E-state index contributed by atoms with van der Waals surface area (Å²) in [5, 5.41) is 3.88. The van der Waals surface area contributed by atoms with E-state index in [1.54, 1.807) is 0 Å². The second kappa shape index (κ2) is 3.96. The highest BCUT2D eigenvalue weighted by Crippen LogP contribution is 2.25. The van der Waals surface area contributed by atoms with Crippen molar-refractivity contribution in [2.75, 3.05) is 0 Å². The largest absolute Gasteiger partial charge is 0.228 e. The fourth-order valence-corrected chi connectivity index (χ4v) is 1.92. The van der Waals surface area contributed by atoms with Crippen LogP contribution in [0, 0.1) is 5.82 Å². The number of hydrogen-bond acceptors (Lipinski definition) is 2. The Hall–Kier alpha value is -0.460. The van der Waals surface area contributed by atoms with Gasteiger partial charge in [0.05, 0.1) is 0 Å². The molecule has 1 atom stereocenters. The minimum atomic E-state index is -3.76. The van der Waals surface area contributed by atoms with Crippen molar-refractivity contribution in [2.45, 2.75) is 12.2 Å². The van der Waals surface area contributed by atoms with Crippen molar-refractivity contribution in [1.29, 1.82) is 0 Å². The highest BCUT2D eigenvalue weighted by atomic mass is 79.9. The summed E-state index contributed by atoms with van der Waals surface area (Å²) in [6.45, 7) is 1.35. The van der Waals surface area contributed by atoms with Crippen LogP contribution in [0.3, 0.4) is 0 Å². The smallest absolute Gasteiger partial charge is 0.215 e. The standard InChI is InChI=1S/C8H9BrFNO2S/c1-5(14(11,12)13)7-4-6(9)2-3-8(7)10/h2-5H,1H3,(H2,11,12,13). The Labute approximate surface area is 90.3 Å². The Balaban J connectivity index is 3.26. The monoisotopic (exact) mass is 281 g/mol. The Morgan fingerprint density at radius 3 is 2.57 bits per heavy atom. The van der Waals surface area contributed by atoms with E-state index >= 15 is 0 Å². The lowest BCUT2D eigenvalue weighted by Crippen LogP contribution is -2.20. The Morgan fingerprint density at radius 2 is 2.07 bits per heavy atom. The van der Waals surface area contributed by atoms with Gasteiger partial charge in [0, 0.05) is 10.0 Å². The number of hydrogen-bond donors (Lipinski definition) is 1. The molecular weight excluding hydrogens is 273 g/mol. The number of primary sulfonamides is 1. The molecule has 1 unspecified atom stereocenters. The second-order valence-corrected chi connectivity index (χ2v) is 5.70. The molecule has 0 radical (unpaired) electrons. The van der Waals surface area contributed by atoms with Gasteiger partial charge in [-0.05, 0) is 25.1 Å². The van der Waals surface area contributed by atoms with E-state index < -0.39 is 21.1 Å². The van der Waals surface area contributed by atoms with Crippen molar-refractivity contribution in [2.24, 2.45) is 5.14 Å². The summed E-state index contributed by atoms with van der Waals surface area (Å²) in [5.74, 6) is -0.574. The van der Waals surface area contributed by atoms with Crippen LogP contribution in [0.5, 0.6) is 0 Å². The minimum absolute atomic E-state index is 0.0712. The third-order valence-electron chi connectivity index (χ3n) is 1.89. The maximum absolute atomic E-state index is 13.2. The summed E-state index contributed by atoms with van der Waals surface area (Å²) in [5.41, 5.74) is 0.0712. The lowest BCUT2D eigenvalue weighted by atomic mass is 10.1. The molecule has 0 heterocycles. The number of nitrogens with two attached hydrogens (primary N) is 1. The van der Waals surface area contributed by atoms with Crippen molar-refractivity contribution >= 4 is 26.0 Å². The maximum Gasteiger partial charge on any atom is 0.215 e. The molecule has 0 saturated heterocycles. The third-order valence-corrected chi connectivity index (χ3v) is 3.62. The summed E-state index contributed by atoms with van der Waals surface area (Å²) < 4.78 is 35.8. The van der Waals surface area contributed by atoms with Crippen molar-refractivity contribution in [3.63, 3.8) is 0 Å². The molecule has 0 spiro atoms. The van der Waals surface area contributed by atoms with E-state index in [1.807, 2.05) is 0 Å². The van der Waals surface area contributed by atoms with Crippen LogP contribution in [0.4, 0.5) is 4.39 Å². The molecule has 14 heavy (non-hydrogen) atoms. The maximum atomic E-state index is 13.2. The highest BCUT2D eigenvalue weighted by Gasteiger charge is 2.21. The van der Waals surface area contributed by atoms with Gasteiger partial charge in [-0.3, -0.25) is 0 Å². The van der Waals surface area contributed by atoms with Gasteiger partial charge in [-0.2, -0.15) is 0 Å². The number of halogens is 2. The van der Waals surface area contributed by atoms with Crippen LogP contribution in [0.2, 0.25) is 0 Å². The predicted octanol–water partition coefficient (Wildman–Crippen LogP) is 1.94. The Morgan fingerprint density at radius 1 is 1.50 bits per heavy atom. The first-order valence-electron chi connectivity index (χ1n) is 3.79. The first-order valence-corrected chi connectivity index (χ1v) is 6.19. The summed E-state index contributed by atoms with van der Waals surface area (Å²) in [7, 11) is -3.76. The predicted molar refractivity (Wildman–Crippen MR) is 55.6 cm³/mol. The Kier molecular flexibility index (Phi) is 3.28. The topological polar surface area (TPSA) is 60.2 Å². The van der Waals surface area contributed by atoms with Gasteiger partial charge in [0.2, 0.25) is 10.0 Å². The van der Waals surface area contributed by atoms with Gasteiger partial charge in [0.1, 0.15) is 11.1 Å². The molecular formula is C8H9BrFNO2S. The summed E-state index contributed by atoms with van der Waals surface area (Å²) in [6, 6.07) is 4.10. The SMILES string of the molecule is CC(c1cc(Br)ccc1F)S(N)(=O)=O. The zero-order valence-corrected chi connectivity index (χ0v) is 9.77. The molecule has 0 aromatic heterocycles. The number of benzene rings is 1. The summed E-state index contributed by atoms with van der Waals surface area (Å²) in [6.07, 6.45) is 0. The lowest BCUT2D eigenvalue weighted by Gasteiger charge is -2.10. The lowest BCUT2D eigenvalue weighted by molar-refractivity contribution is 0.575. The van der Waals surface area contributed by atoms with E-state index in [4.69, 9.17) is 5.14 Å². The number of sulfonamides is 1. The van der Waals surface area contributed by atoms with Crippen LogP contribution in [-0.2, 0) is 10.0 Å². The van der Waals surface area contributed by atoms with Crippen molar-refractivity contribution < 1.29 is 12.8 Å². The fraction of sp³-hybridized carbons (Fsp3) is 0.250. The molecule has 3 nitrogen and oxygen atoms in total. The highest BCUT2D eigenvalue weighted by molar-refractivity contribution is 9.10. The molecule has 1 aromatic carbocycles. The van der Waals surface area contributed by atoms with Crippen LogP contribution in [0.1, 0.15) is 17.7 Å². The van der Waals surface area contributed by atoms with E-state index in [-0.39, 0.29) is 5.56 Å². The normalized spacial score (nSPS) is 14.0. The molecule has 0 saturated carbocycles. The fourth-order valence-electron chi connectivity index (χ4n) is 1.00. The van der Waals surface area contributed by atoms with Crippen LogP contribution in [0.25, 0.3) is 0 Å². The molecule has 1 aromatic rings. The average Bonchev–Trinajstić information content (AvgIpc) is 2.06. The quantitative estimate of drug-likeness (QED) is 0.901. The van der Waals surface area contributed by atoms with E-state index in [2.05, 4.69) is 15.9 Å². The molecule has 1 rings (SSSR count). The average molecular weight is 282 g/mol. The van der Waals surface area contributed by atoms with Gasteiger partial charge in [0.25, 0.3) is 0 Å². The van der Waals surface area contributed by atoms with Crippen LogP contribution < -0.4 is 5.14 Å². The van der Waals surface area contributed by atoms with E-state index in [0.717, 1.165) is 0 Å². The zero-order valence-electron chi connectivity index (χ0n) is 7.37. The Bertz CT molecular complexity index is 447. The summed E-state index contributed by atoms with van der Waals surface area (Å²) >= 11 is 3.13. The van der Waals surface area contributed by atoms with E-state index in [0.29, 0.717) is 4.47 Å². The van der Waals surface area contributed by atoms with Crippen molar-refractivity contribution in [3.8, 4) is 0 Å². The first kappa shape index (κ1) is 11.6. The van der Waals surface area contributed by atoms with Crippen molar-refractivity contribution in [3.05, 3.63) is 34.1 Å². The first-order chi connectivity index (χ1) is 6.32. The van der Waals surface area contributed by atoms with Crippen molar-refractivity contribution in [1.82, 2.24) is 0 Å². The van der Waals surface area contributed by atoms with Crippen LogP contribution in [-0.4, -0.2) is 8.42 Å². The van der Waals surface area contributed by atoms with Gasteiger partial charge < -0.3 is 0 Å².